The number of carbonyl (C=O) groups excluding carboxylic acids is 1. The Morgan fingerprint density at radius 2 is 1.29 bits per heavy atom. The van der Waals surface area contributed by atoms with Crippen LogP contribution in [0.2, 0.25) is 0 Å². The average molecular weight is 513 g/mol. The average Bonchev–Trinajstić information content (AvgIpc) is 2.80. The number of nitrogens with one attached hydrogen (secondary N) is 1. The van der Waals surface area contributed by atoms with Gasteiger partial charge in [0.05, 0.1) is 18.8 Å². The van der Waals surface area contributed by atoms with E-state index < -0.39 is 105 Å². The summed E-state index contributed by atoms with van der Waals surface area (Å²) in [6.07, 6.45) is -20.7. The minimum absolute atomic E-state index is 0.595. The Morgan fingerprint density at radius 3 is 1.86 bits per heavy atom. The van der Waals surface area contributed by atoms with Crippen LogP contribution in [-0.4, -0.2) is 145 Å². The van der Waals surface area contributed by atoms with Crippen molar-refractivity contribution in [1.82, 2.24) is 5.32 Å². The normalized spacial score (nSPS) is 51.1. The summed E-state index contributed by atoms with van der Waals surface area (Å²) in [6, 6.07) is -1.33. The van der Waals surface area contributed by atoms with E-state index in [9.17, 15) is 45.6 Å². The third-order valence-electron chi connectivity index (χ3n) is 6.42. The smallest absolute Gasteiger partial charge is 0.217 e. The lowest BCUT2D eigenvalue weighted by Gasteiger charge is -2.48. The predicted octanol–water partition coefficient (Wildman–Crippen LogP) is -5.37. The number of aliphatic hydroxyl groups is 8. The van der Waals surface area contributed by atoms with E-state index in [0.717, 1.165) is 6.92 Å². The minimum atomic E-state index is -1.74. The first-order valence-corrected chi connectivity index (χ1v) is 11.3. The van der Waals surface area contributed by atoms with Crippen molar-refractivity contribution in [2.24, 2.45) is 0 Å². The number of hydrogen-bond donors (Lipinski definition) is 9. The molecule has 15 heteroatoms. The van der Waals surface area contributed by atoms with Gasteiger partial charge in [0.2, 0.25) is 5.91 Å². The zero-order valence-corrected chi connectivity index (χ0v) is 19.4. The summed E-state index contributed by atoms with van der Waals surface area (Å²) in [6.45, 7) is 3.30. The van der Waals surface area contributed by atoms with Crippen LogP contribution in [0.15, 0.2) is 0 Å². The summed E-state index contributed by atoms with van der Waals surface area (Å²) in [5.41, 5.74) is 0. The number of hydrogen-bond acceptors (Lipinski definition) is 14. The maximum Gasteiger partial charge on any atom is 0.217 e. The molecule has 3 rings (SSSR count). The van der Waals surface area contributed by atoms with Crippen LogP contribution >= 0.6 is 0 Å². The van der Waals surface area contributed by atoms with Gasteiger partial charge in [-0.15, -0.1) is 0 Å². The molecule has 0 aromatic carbocycles. The van der Waals surface area contributed by atoms with Gasteiger partial charge in [-0.25, -0.2) is 0 Å². The van der Waals surface area contributed by atoms with Crippen LogP contribution in [0, 0.1) is 0 Å². The van der Waals surface area contributed by atoms with Gasteiger partial charge in [-0.1, -0.05) is 0 Å². The van der Waals surface area contributed by atoms with E-state index in [-0.39, 0.29) is 0 Å². The molecule has 0 aromatic rings. The number of amides is 1. The Morgan fingerprint density at radius 1 is 0.743 bits per heavy atom. The zero-order chi connectivity index (χ0) is 26.2. The number of rotatable bonds is 6. The van der Waals surface area contributed by atoms with Crippen molar-refractivity contribution in [2.75, 3.05) is 6.61 Å². The van der Waals surface area contributed by atoms with Gasteiger partial charge in [0.1, 0.15) is 61.0 Å². The van der Waals surface area contributed by atoms with Crippen molar-refractivity contribution in [2.45, 2.75) is 113 Å². The third-order valence-corrected chi connectivity index (χ3v) is 6.42. The Hall–Kier alpha value is -1.05. The van der Waals surface area contributed by atoms with E-state index in [1.165, 1.54) is 13.8 Å². The lowest BCUT2D eigenvalue weighted by atomic mass is 9.95. The molecule has 0 aliphatic carbocycles. The molecular weight excluding hydrogens is 478 g/mol. The fourth-order valence-electron chi connectivity index (χ4n) is 4.33. The van der Waals surface area contributed by atoms with Crippen LogP contribution in [0.25, 0.3) is 0 Å². The van der Waals surface area contributed by atoms with Crippen molar-refractivity contribution in [1.29, 1.82) is 0 Å². The summed E-state index contributed by atoms with van der Waals surface area (Å²) in [5, 5.41) is 84.2. The first-order chi connectivity index (χ1) is 16.4. The molecule has 0 spiro atoms. The standard InChI is InChI=1S/C20H35NO14/c1-5-10(24)13(27)15(29)19(31-5)35-17-14(28)11(25)6(2)32-20(17)34-16-9(21-7(3)23)18(30)33-8(4-22)12(16)26/h5-6,8-20,22,24-30H,4H2,1-3H3,(H,21,23)/t5-,6-,8+,9+,10-,11-,12+,13+,14+,15+,16+,17+,18?,19-,20-/m0/s1. The lowest BCUT2D eigenvalue weighted by molar-refractivity contribution is -0.377. The maximum absolute atomic E-state index is 11.7. The lowest BCUT2D eigenvalue weighted by Crippen LogP contribution is -2.68. The van der Waals surface area contributed by atoms with Crippen LogP contribution in [0.4, 0.5) is 0 Å². The van der Waals surface area contributed by atoms with Crippen molar-refractivity contribution < 1.29 is 69.3 Å². The molecule has 1 amide bonds. The number of ether oxygens (including phenoxy) is 5. The molecule has 1 unspecified atom stereocenters. The van der Waals surface area contributed by atoms with Gasteiger partial charge in [-0.05, 0) is 13.8 Å². The second-order valence-corrected chi connectivity index (χ2v) is 9.04. The Labute approximate surface area is 200 Å². The maximum atomic E-state index is 11.7. The highest BCUT2D eigenvalue weighted by molar-refractivity contribution is 5.73. The van der Waals surface area contributed by atoms with Crippen LogP contribution in [0.5, 0.6) is 0 Å². The van der Waals surface area contributed by atoms with E-state index in [2.05, 4.69) is 5.32 Å². The minimum Gasteiger partial charge on any atom is -0.394 e. The second kappa shape index (κ2) is 11.6. The third kappa shape index (κ3) is 5.93. The van der Waals surface area contributed by atoms with Gasteiger partial charge in [0.15, 0.2) is 18.9 Å². The Kier molecular flexibility index (Phi) is 9.42. The topological polar surface area (TPSA) is 237 Å². The molecule has 204 valence electrons. The molecule has 3 fully saturated rings. The molecule has 0 aromatic heterocycles. The fraction of sp³-hybridized carbons (Fsp3) is 0.950. The molecule has 0 radical (unpaired) electrons. The van der Waals surface area contributed by atoms with Gasteiger partial charge >= 0.3 is 0 Å². The number of aliphatic hydroxyl groups excluding tert-OH is 8. The zero-order valence-electron chi connectivity index (χ0n) is 19.4. The van der Waals surface area contributed by atoms with Gasteiger partial charge in [0.25, 0.3) is 0 Å². The first kappa shape index (κ1) is 28.5. The van der Waals surface area contributed by atoms with Gasteiger partial charge in [-0.3, -0.25) is 4.79 Å². The quantitative estimate of drug-likeness (QED) is 0.161. The molecule has 3 heterocycles. The van der Waals surface area contributed by atoms with E-state index in [1.807, 2.05) is 0 Å². The molecule has 3 aliphatic heterocycles. The van der Waals surface area contributed by atoms with Crippen LogP contribution in [0.3, 0.4) is 0 Å². The van der Waals surface area contributed by atoms with Crippen LogP contribution in [-0.2, 0) is 28.5 Å². The second-order valence-electron chi connectivity index (χ2n) is 9.04. The molecule has 0 saturated carbocycles. The Bertz CT molecular complexity index is 715. The molecule has 3 aliphatic rings. The highest BCUT2D eigenvalue weighted by Gasteiger charge is 2.53. The largest absolute Gasteiger partial charge is 0.394 e. The van der Waals surface area contributed by atoms with Crippen molar-refractivity contribution >= 4 is 5.91 Å². The molecule has 9 N–H and O–H groups in total. The molecule has 15 nitrogen and oxygen atoms in total. The number of carbonyl (C=O) groups is 1. The van der Waals surface area contributed by atoms with E-state index in [4.69, 9.17) is 23.7 Å². The first-order valence-electron chi connectivity index (χ1n) is 11.3. The highest BCUT2D eigenvalue weighted by atomic mass is 16.8. The molecule has 3 saturated heterocycles. The molecule has 0 bridgehead atoms. The SMILES string of the molecule is CC(=O)N[C@H]1C(O)O[C@H](CO)[C@@H](O)[C@@H]1O[C@@H]1O[C@@H](C)[C@H](O)[C@@H](O)[C@H]1O[C@@H]1O[C@@H](C)[C@H](O)[C@@H](O)[C@H]1O. The summed E-state index contributed by atoms with van der Waals surface area (Å²) >= 11 is 0. The summed E-state index contributed by atoms with van der Waals surface area (Å²) in [5.74, 6) is -0.595. The van der Waals surface area contributed by atoms with E-state index in [0.29, 0.717) is 0 Å². The summed E-state index contributed by atoms with van der Waals surface area (Å²) in [4.78, 5) is 11.7. The monoisotopic (exact) mass is 513 g/mol. The van der Waals surface area contributed by atoms with Crippen molar-refractivity contribution in [3.8, 4) is 0 Å². The molecule has 35 heavy (non-hydrogen) atoms. The van der Waals surface area contributed by atoms with Crippen molar-refractivity contribution in [3.63, 3.8) is 0 Å². The molecular formula is C20H35NO14. The molecule has 15 atom stereocenters. The van der Waals surface area contributed by atoms with Gasteiger partial charge in [-0.2, -0.15) is 0 Å². The fourth-order valence-corrected chi connectivity index (χ4v) is 4.33. The van der Waals surface area contributed by atoms with Crippen molar-refractivity contribution in [3.05, 3.63) is 0 Å². The highest BCUT2D eigenvalue weighted by Crippen LogP contribution is 2.32. The summed E-state index contributed by atoms with van der Waals surface area (Å²) in [7, 11) is 0. The van der Waals surface area contributed by atoms with E-state index in [1.54, 1.807) is 0 Å². The van der Waals surface area contributed by atoms with Gasteiger partial charge in [0, 0.05) is 6.92 Å². The summed E-state index contributed by atoms with van der Waals surface area (Å²) < 4.78 is 27.6. The Balaban J connectivity index is 1.86. The predicted molar refractivity (Wildman–Crippen MR) is 110 cm³/mol. The van der Waals surface area contributed by atoms with Gasteiger partial charge < -0.3 is 69.9 Å². The van der Waals surface area contributed by atoms with Crippen LogP contribution in [0.1, 0.15) is 20.8 Å². The van der Waals surface area contributed by atoms with Crippen LogP contribution < -0.4 is 5.32 Å². The van der Waals surface area contributed by atoms with E-state index >= 15 is 0 Å².